The van der Waals surface area contributed by atoms with Gasteiger partial charge in [0.05, 0.1) is 19.8 Å². The van der Waals surface area contributed by atoms with E-state index < -0.39 is 0 Å². The molecule has 0 spiro atoms. The fourth-order valence-electron chi connectivity index (χ4n) is 2.10. The summed E-state index contributed by atoms with van der Waals surface area (Å²) in [5.74, 6) is 2.29. The predicted molar refractivity (Wildman–Crippen MR) is 76.0 cm³/mol. The number of hydrogen-bond donors (Lipinski definition) is 1. The Bertz CT molecular complexity index is 359. The van der Waals surface area contributed by atoms with Gasteiger partial charge >= 0.3 is 0 Å². The zero-order valence-corrected chi connectivity index (χ0v) is 11.7. The predicted octanol–water partition coefficient (Wildman–Crippen LogP) is 2.23. The van der Waals surface area contributed by atoms with Crippen LogP contribution < -0.4 is 5.32 Å². The molecule has 1 aliphatic rings. The summed E-state index contributed by atoms with van der Waals surface area (Å²) in [4.78, 5) is 0. The maximum Gasteiger partial charge on any atom is 0.0700 e. The number of nitrogens with one attached hydrogen (secondary N) is 1. The maximum atomic E-state index is 5.46. The fourth-order valence-corrected chi connectivity index (χ4v) is 3.23. The number of hydrogen-bond acceptors (Lipinski definition) is 4. The highest BCUT2D eigenvalue weighted by Crippen LogP contribution is 2.31. The van der Waals surface area contributed by atoms with Gasteiger partial charge in [-0.15, -0.1) is 0 Å². The molecule has 1 aromatic rings. The largest absolute Gasteiger partial charge is 0.382 e. The first-order valence-corrected chi connectivity index (χ1v) is 7.53. The zero-order valence-electron chi connectivity index (χ0n) is 10.9. The van der Waals surface area contributed by atoms with Crippen LogP contribution in [0.3, 0.4) is 0 Å². The highest BCUT2D eigenvalue weighted by molar-refractivity contribution is 7.98. The van der Waals surface area contributed by atoms with Gasteiger partial charge in [0.25, 0.3) is 0 Å². The third-order valence-corrected chi connectivity index (χ3v) is 4.13. The van der Waals surface area contributed by atoms with Gasteiger partial charge in [-0.2, -0.15) is 11.8 Å². The van der Waals surface area contributed by atoms with E-state index in [1.54, 1.807) is 7.11 Å². The molecule has 1 aromatic carbocycles. The van der Waals surface area contributed by atoms with E-state index >= 15 is 0 Å². The summed E-state index contributed by atoms with van der Waals surface area (Å²) >= 11 is 1.99. The van der Waals surface area contributed by atoms with Crippen molar-refractivity contribution < 1.29 is 9.47 Å². The van der Waals surface area contributed by atoms with Crippen molar-refractivity contribution in [2.75, 3.05) is 39.2 Å². The van der Waals surface area contributed by atoms with Crippen LogP contribution in [-0.4, -0.2) is 39.2 Å². The monoisotopic (exact) mass is 267 g/mol. The Morgan fingerprint density at radius 3 is 3.06 bits per heavy atom. The van der Waals surface area contributed by atoms with E-state index in [9.17, 15) is 0 Å². The molecule has 0 aliphatic carbocycles. The zero-order chi connectivity index (χ0) is 12.6. The summed E-state index contributed by atoms with van der Waals surface area (Å²) in [5.41, 5.74) is 2.92. The van der Waals surface area contributed by atoms with Crippen molar-refractivity contribution in [1.29, 1.82) is 0 Å². The number of methoxy groups -OCH3 is 1. The van der Waals surface area contributed by atoms with Crippen LogP contribution >= 0.6 is 11.8 Å². The van der Waals surface area contributed by atoms with E-state index in [1.807, 2.05) is 11.8 Å². The second-order valence-corrected chi connectivity index (χ2v) is 5.36. The average Bonchev–Trinajstić information content (AvgIpc) is 2.43. The molecule has 0 amide bonds. The van der Waals surface area contributed by atoms with Gasteiger partial charge in [0, 0.05) is 31.2 Å². The number of rotatable bonds is 7. The molecule has 0 aromatic heterocycles. The van der Waals surface area contributed by atoms with Gasteiger partial charge < -0.3 is 14.8 Å². The number of ether oxygens (including phenoxy) is 2. The van der Waals surface area contributed by atoms with Crippen LogP contribution in [0.2, 0.25) is 0 Å². The van der Waals surface area contributed by atoms with Crippen LogP contribution in [0.4, 0.5) is 0 Å². The standard InChI is InChI=1S/C14H21NO2S/c1-16-8-9-17-7-6-15-14-11-18-10-12-4-2-3-5-13(12)14/h2-5,14-15H,6-11H2,1H3. The summed E-state index contributed by atoms with van der Waals surface area (Å²) in [5, 5.41) is 3.57. The minimum atomic E-state index is 0.464. The van der Waals surface area contributed by atoms with Gasteiger partial charge in [-0.05, 0) is 11.1 Å². The lowest BCUT2D eigenvalue weighted by Gasteiger charge is -2.26. The van der Waals surface area contributed by atoms with Crippen molar-refractivity contribution in [2.45, 2.75) is 11.8 Å². The molecule has 18 heavy (non-hydrogen) atoms. The average molecular weight is 267 g/mol. The first kappa shape index (κ1) is 13.9. The Kier molecular flexibility index (Phi) is 6.00. The number of benzene rings is 1. The maximum absolute atomic E-state index is 5.46. The second-order valence-electron chi connectivity index (χ2n) is 4.33. The van der Waals surface area contributed by atoms with Crippen molar-refractivity contribution in [3.63, 3.8) is 0 Å². The Hall–Kier alpha value is -0.550. The quantitative estimate of drug-likeness (QED) is 0.767. The minimum absolute atomic E-state index is 0.464. The summed E-state index contributed by atoms with van der Waals surface area (Å²) in [7, 11) is 1.69. The summed E-state index contributed by atoms with van der Waals surface area (Å²) < 4.78 is 10.4. The molecular weight excluding hydrogens is 246 g/mol. The molecule has 0 radical (unpaired) electrons. The number of thioether (sulfide) groups is 1. The minimum Gasteiger partial charge on any atom is -0.382 e. The molecular formula is C14H21NO2S. The molecule has 1 unspecified atom stereocenters. The lowest BCUT2D eigenvalue weighted by molar-refractivity contribution is 0.0712. The normalized spacial score (nSPS) is 18.6. The van der Waals surface area contributed by atoms with Gasteiger partial charge in [-0.1, -0.05) is 24.3 Å². The van der Waals surface area contributed by atoms with Gasteiger partial charge in [0.2, 0.25) is 0 Å². The van der Waals surface area contributed by atoms with Crippen molar-refractivity contribution in [3.05, 3.63) is 35.4 Å². The molecule has 0 fully saturated rings. The second kappa shape index (κ2) is 7.79. The van der Waals surface area contributed by atoms with Crippen molar-refractivity contribution in [3.8, 4) is 0 Å². The molecule has 2 rings (SSSR count). The smallest absolute Gasteiger partial charge is 0.0700 e. The van der Waals surface area contributed by atoms with Crippen molar-refractivity contribution >= 4 is 11.8 Å². The van der Waals surface area contributed by atoms with Gasteiger partial charge in [0.15, 0.2) is 0 Å². The van der Waals surface area contributed by atoms with Crippen LogP contribution in [0, 0.1) is 0 Å². The molecule has 0 saturated carbocycles. The molecule has 3 nitrogen and oxygen atoms in total. The van der Waals surface area contributed by atoms with Crippen LogP contribution in [0.1, 0.15) is 17.2 Å². The van der Waals surface area contributed by atoms with E-state index in [0.29, 0.717) is 19.3 Å². The Balaban J connectivity index is 1.74. The molecule has 4 heteroatoms. The highest BCUT2D eigenvalue weighted by atomic mass is 32.2. The molecule has 1 aliphatic heterocycles. The molecule has 0 bridgehead atoms. The van der Waals surface area contributed by atoms with Crippen LogP contribution in [0.25, 0.3) is 0 Å². The van der Waals surface area contributed by atoms with Crippen LogP contribution in [0.15, 0.2) is 24.3 Å². The van der Waals surface area contributed by atoms with Gasteiger partial charge in [0.1, 0.15) is 0 Å². The highest BCUT2D eigenvalue weighted by Gasteiger charge is 2.18. The Morgan fingerprint density at radius 2 is 2.17 bits per heavy atom. The fraction of sp³-hybridized carbons (Fsp3) is 0.571. The van der Waals surface area contributed by atoms with E-state index in [1.165, 1.54) is 11.1 Å². The summed E-state index contributed by atoms with van der Waals surface area (Å²) in [6.07, 6.45) is 0. The molecule has 1 atom stereocenters. The van der Waals surface area contributed by atoms with Crippen LogP contribution in [-0.2, 0) is 15.2 Å². The molecule has 0 saturated heterocycles. The Morgan fingerprint density at radius 1 is 1.28 bits per heavy atom. The first-order chi connectivity index (χ1) is 8.92. The molecule has 100 valence electrons. The summed E-state index contributed by atoms with van der Waals surface area (Å²) in [6, 6.07) is 9.17. The van der Waals surface area contributed by atoms with Crippen LogP contribution in [0.5, 0.6) is 0 Å². The lowest BCUT2D eigenvalue weighted by atomic mass is 10.0. The van der Waals surface area contributed by atoms with E-state index in [4.69, 9.17) is 9.47 Å². The molecule has 1 heterocycles. The first-order valence-electron chi connectivity index (χ1n) is 6.37. The topological polar surface area (TPSA) is 30.5 Å². The third-order valence-electron chi connectivity index (χ3n) is 3.04. The third kappa shape index (κ3) is 3.99. The van der Waals surface area contributed by atoms with Crippen molar-refractivity contribution in [2.24, 2.45) is 0 Å². The van der Waals surface area contributed by atoms with E-state index in [-0.39, 0.29) is 0 Å². The van der Waals surface area contributed by atoms with E-state index in [0.717, 1.165) is 24.7 Å². The number of fused-ring (bicyclic) bond motifs is 1. The van der Waals surface area contributed by atoms with Gasteiger partial charge in [-0.25, -0.2) is 0 Å². The van der Waals surface area contributed by atoms with Crippen molar-refractivity contribution in [1.82, 2.24) is 5.32 Å². The molecule has 1 N–H and O–H groups in total. The van der Waals surface area contributed by atoms with Gasteiger partial charge in [-0.3, -0.25) is 0 Å². The lowest BCUT2D eigenvalue weighted by Crippen LogP contribution is -2.29. The summed E-state index contributed by atoms with van der Waals surface area (Å²) in [6.45, 7) is 2.98. The van der Waals surface area contributed by atoms with E-state index in [2.05, 4.69) is 29.6 Å². The Labute approximate surface area is 113 Å². The SMILES string of the molecule is COCCOCCNC1CSCc2ccccc21.